The van der Waals surface area contributed by atoms with Crippen molar-refractivity contribution in [3.05, 3.63) is 0 Å². The number of ether oxygens (including phenoxy) is 1. The van der Waals surface area contributed by atoms with Gasteiger partial charge in [0.2, 0.25) is 10.0 Å². The van der Waals surface area contributed by atoms with Crippen LogP contribution in [0.3, 0.4) is 0 Å². The number of aliphatic hydroxyl groups is 1. The number of hydrazine groups is 2. The van der Waals surface area contributed by atoms with Crippen LogP contribution in [0.4, 0.5) is 0 Å². The highest BCUT2D eigenvalue weighted by molar-refractivity contribution is 7.90. The minimum absolute atomic E-state index is 0.0302. The maximum Gasteiger partial charge on any atom is 0.217 e. The molecular weight excluding hydrogens is 456 g/mol. The fraction of sp³-hybridized carbons (Fsp3) is 1.00. The van der Waals surface area contributed by atoms with Crippen LogP contribution in [0, 0.1) is 17.3 Å². The van der Waals surface area contributed by atoms with Gasteiger partial charge >= 0.3 is 0 Å². The van der Waals surface area contributed by atoms with E-state index in [0.29, 0.717) is 19.0 Å². The van der Waals surface area contributed by atoms with Crippen molar-refractivity contribution in [2.75, 3.05) is 40.3 Å². The second kappa shape index (κ2) is 9.18. The first-order valence-corrected chi connectivity index (χ1v) is 14.5. The molecule has 3 heterocycles. The third kappa shape index (κ3) is 4.68. The zero-order valence-electron chi connectivity index (χ0n) is 21.1. The van der Waals surface area contributed by atoms with E-state index in [1.54, 1.807) is 7.11 Å². The summed E-state index contributed by atoms with van der Waals surface area (Å²) in [7, 11) is 0.115. The summed E-state index contributed by atoms with van der Waals surface area (Å²) in [6.45, 7) is 6.97. The van der Waals surface area contributed by atoms with E-state index in [9.17, 15) is 13.5 Å². The molecule has 2 aliphatic carbocycles. The van der Waals surface area contributed by atoms with Crippen molar-refractivity contribution in [1.29, 1.82) is 0 Å². The lowest BCUT2D eigenvalue weighted by atomic mass is 9.55. The molecule has 34 heavy (non-hydrogen) atoms. The number of likely N-dealkylation sites (N-methyl/N-ethyl adjacent to an activating group) is 1. The minimum atomic E-state index is -3.55. The van der Waals surface area contributed by atoms with Crippen LogP contribution in [-0.4, -0.2) is 99.1 Å². The molecule has 7 unspecified atom stereocenters. The molecule has 2 saturated carbocycles. The molecular formula is C23H44N6O4S. The van der Waals surface area contributed by atoms with Gasteiger partial charge in [-0.05, 0) is 62.3 Å². The lowest BCUT2D eigenvalue weighted by molar-refractivity contribution is -0.163. The second-order valence-electron chi connectivity index (χ2n) is 12.2. The van der Waals surface area contributed by atoms with Crippen LogP contribution in [-0.2, 0) is 14.8 Å². The summed E-state index contributed by atoms with van der Waals surface area (Å²) in [6, 6.07) is -0.177. The van der Waals surface area contributed by atoms with E-state index in [1.807, 2.05) is 12.1 Å². The number of hydrogen-bond donors (Lipinski definition) is 5. The van der Waals surface area contributed by atoms with E-state index in [0.717, 1.165) is 51.6 Å². The van der Waals surface area contributed by atoms with Crippen molar-refractivity contribution in [2.45, 2.75) is 87.6 Å². The average molecular weight is 501 g/mol. The van der Waals surface area contributed by atoms with Crippen molar-refractivity contribution in [3.8, 4) is 0 Å². The van der Waals surface area contributed by atoms with Gasteiger partial charge in [0.05, 0.1) is 23.9 Å². The number of hydrogen-bond acceptors (Lipinski definition) is 9. The highest BCUT2D eigenvalue weighted by Crippen LogP contribution is 2.53. The van der Waals surface area contributed by atoms with E-state index in [-0.39, 0.29) is 35.7 Å². The summed E-state index contributed by atoms with van der Waals surface area (Å²) in [4.78, 5) is 0. The van der Waals surface area contributed by atoms with Crippen molar-refractivity contribution in [1.82, 2.24) is 30.9 Å². The topological polar surface area (TPSA) is 118 Å². The van der Waals surface area contributed by atoms with Gasteiger partial charge in [0.25, 0.3) is 0 Å². The summed E-state index contributed by atoms with van der Waals surface area (Å²) in [5.74, 6) is 0.669. The fourth-order valence-electron chi connectivity index (χ4n) is 7.61. The van der Waals surface area contributed by atoms with E-state index in [4.69, 9.17) is 4.74 Å². The Morgan fingerprint density at radius 2 is 1.88 bits per heavy atom. The number of methoxy groups -OCH3 is 1. The van der Waals surface area contributed by atoms with Crippen LogP contribution in [0.2, 0.25) is 0 Å². The predicted octanol–water partition coefficient (Wildman–Crippen LogP) is -0.416. The Kier molecular flexibility index (Phi) is 6.83. The molecule has 0 radical (unpaired) electrons. The van der Waals surface area contributed by atoms with Crippen LogP contribution in [0.15, 0.2) is 0 Å². The highest BCUT2D eigenvalue weighted by Gasteiger charge is 2.54. The third-order valence-electron chi connectivity index (χ3n) is 9.17. The molecule has 10 nitrogen and oxygen atoms in total. The summed E-state index contributed by atoms with van der Waals surface area (Å²) < 4.78 is 35.8. The van der Waals surface area contributed by atoms with Crippen LogP contribution in [0.25, 0.3) is 0 Å². The monoisotopic (exact) mass is 500 g/mol. The van der Waals surface area contributed by atoms with Crippen LogP contribution >= 0.6 is 0 Å². The average Bonchev–Trinajstić information content (AvgIpc) is 3.41. The van der Waals surface area contributed by atoms with Crippen molar-refractivity contribution >= 4 is 10.0 Å². The SMILES string of the molecule is COC1CCC2CNN(C)C2C1NS(=O)(=O)C1CNN(C2CC(C3(O)CC(C)(C)C3)CCN2)C1. The molecule has 0 bridgehead atoms. The molecule has 5 N–H and O–H groups in total. The smallest absolute Gasteiger partial charge is 0.217 e. The Balaban J connectivity index is 1.22. The molecule has 0 spiro atoms. The molecule has 196 valence electrons. The first-order chi connectivity index (χ1) is 16.0. The van der Waals surface area contributed by atoms with Gasteiger partial charge in [0.1, 0.15) is 5.25 Å². The Morgan fingerprint density at radius 1 is 1.12 bits per heavy atom. The van der Waals surface area contributed by atoms with Crippen LogP contribution in [0.5, 0.6) is 0 Å². The summed E-state index contributed by atoms with van der Waals surface area (Å²) >= 11 is 0. The quantitative estimate of drug-likeness (QED) is 0.332. The standard InChI is InChI=1S/C23H44N6O4S/c1-22(2)13-23(30,14-22)16-7-8-24-19(9-16)29-12-17(11-26-29)34(31,32)27-20-18(33-4)6-5-15-10-25-28(3)21(15)20/h15-21,24-27,30H,5-14H2,1-4H3. The van der Waals surface area contributed by atoms with E-state index >= 15 is 0 Å². The number of nitrogens with one attached hydrogen (secondary N) is 4. The van der Waals surface area contributed by atoms with Gasteiger partial charge in [-0.15, -0.1) is 0 Å². The van der Waals surface area contributed by atoms with Crippen molar-refractivity contribution in [2.24, 2.45) is 17.3 Å². The van der Waals surface area contributed by atoms with E-state index in [1.165, 1.54) is 0 Å². The van der Waals surface area contributed by atoms with Gasteiger partial charge < -0.3 is 15.2 Å². The zero-order valence-corrected chi connectivity index (χ0v) is 21.9. The number of fused-ring (bicyclic) bond motifs is 1. The Hall–Kier alpha value is -0.370. The fourth-order valence-corrected chi connectivity index (χ4v) is 9.13. The van der Waals surface area contributed by atoms with Gasteiger partial charge in [-0.2, -0.15) is 0 Å². The van der Waals surface area contributed by atoms with Crippen LogP contribution in [0.1, 0.15) is 52.4 Å². The zero-order chi connectivity index (χ0) is 24.3. The third-order valence-corrected chi connectivity index (χ3v) is 11.0. The maximum absolute atomic E-state index is 13.5. The summed E-state index contributed by atoms with van der Waals surface area (Å²) in [6.07, 6.45) is 5.29. The Labute approximate surface area is 204 Å². The molecule has 3 aliphatic heterocycles. The molecule has 0 amide bonds. The largest absolute Gasteiger partial charge is 0.390 e. The minimum Gasteiger partial charge on any atom is -0.390 e. The normalized spacial score (nSPS) is 42.9. The molecule has 5 fully saturated rings. The van der Waals surface area contributed by atoms with Crippen LogP contribution < -0.4 is 20.9 Å². The molecule has 5 aliphatic rings. The Morgan fingerprint density at radius 3 is 2.59 bits per heavy atom. The second-order valence-corrected chi connectivity index (χ2v) is 14.2. The van der Waals surface area contributed by atoms with Gasteiger partial charge in [-0.3, -0.25) is 10.9 Å². The molecule has 3 saturated heterocycles. The number of rotatable bonds is 6. The van der Waals surface area contributed by atoms with E-state index < -0.39 is 20.9 Å². The van der Waals surface area contributed by atoms with Gasteiger partial charge in [-0.1, -0.05) is 13.8 Å². The molecule has 11 heteroatoms. The molecule has 5 rings (SSSR count). The molecule has 0 aromatic rings. The summed E-state index contributed by atoms with van der Waals surface area (Å²) in [5, 5.41) is 18.3. The van der Waals surface area contributed by atoms with Crippen molar-refractivity contribution < 1.29 is 18.3 Å². The lowest BCUT2D eigenvalue weighted by Gasteiger charge is -2.55. The number of nitrogens with zero attached hydrogens (tertiary/aromatic N) is 2. The molecule has 7 atom stereocenters. The van der Waals surface area contributed by atoms with Crippen molar-refractivity contribution in [3.63, 3.8) is 0 Å². The Bertz CT molecular complexity index is 848. The number of sulfonamides is 1. The maximum atomic E-state index is 13.5. The van der Waals surface area contributed by atoms with Gasteiger partial charge in [0, 0.05) is 39.8 Å². The van der Waals surface area contributed by atoms with E-state index in [2.05, 4.69) is 39.7 Å². The molecule has 0 aromatic carbocycles. The molecule has 0 aromatic heterocycles. The van der Waals surface area contributed by atoms with Gasteiger partial charge in [0.15, 0.2) is 0 Å². The first kappa shape index (κ1) is 25.3. The predicted molar refractivity (Wildman–Crippen MR) is 130 cm³/mol. The lowest BCUT2D eigenvalue weighted by Crippen LogP contribution is -2.61. The van der Waals surface area contributed by atoms with Gasteiger partial charge in [-0.25, -0.2) is 23.2 Å². The summed E-state index contributed by atoms with van der Waals surface area (Å²) in [5.41, 5.74) is 6.34. The highest BCUT2D eigenvalue weighted by atomic mass is 32.2. The number of piperidine rings is 1. The first-order valence-electron chi connectivity index (χ1n) is 13.0.